The second-order valence-electron chi connectivity index (χ2n) is 6.12. The molecule has 1 aromatic carbocycles. The molecule has 2 aliphatic rings. The number of hydrogen-bond donors (Lipinski definition) is 1. The highest BCUT2D eigenvalue weighted by Crippen LogP contribution is 2.32. The van der Waals surface area contributed by atoms with E-state index in [-0.39, 0.29) is 0 Å². The summed E-state index contributed by atoms with van der Waals surface area (Å²) >= 11 is 0. The lowest BCUT2D eigenvalue weighted by molar-refractivity contribution is 0.149. The lowest BCUT2D eigenvalue weighted by Crippen LogP contribution is -2.52. The smallest absolute Gasteiger partial charge is 0.231 e. The van der Waals surface area contributed by atoms with Gasteiger partial charge in [0.15, 0.2) is 17.5 Å². The predicted octanol–water partition coefficient (Wildman–Crippen LogP) is 1.14. The first-order valence-electron chi connectivity index (χ1n) is 8.94. The summed E-state index contributed by atoms with van der Waals surface area (Å²) in [5.41, 5.74) is 1.26. The molecule has 7 nitrogen and oxygen atoms in total. The third kappa shape index (κ3) is 4.76. The molecule has 0 unspecified atom stereocenters. The number of ether oxygens (including phenoxy) is 3. The van der Waals surface area contributed by atoms with Crippen LogP contribution in [0, 0.1) is 0 Å². The van der Waals surface area contributed by atoms with Crippen molar-refractivity contribution in [3.8, 4) is 11.5 Å². The average molecular weight is 348 g/mol. The molecular weight excluding hydrogens is 320 g/mol. The molecule has 3 rings (SSSR count). The van der Waals surface area contributed by atoms with Gasteiger partial charge in [-0.25, -0.2) is 0 Å². The fraction of sp³-hybridized carbons (Fsp3) is 0.611. The summed E-state index contributed by atoms with van der Waals surface area (Å²) in [5, 5.41) is 3.37. The minimum Gasteiger partial charge on any atom is -0.454 e. The first-order valence-corrected chi connectivity index (χ1v) is 8.94. The van der Waals surface area contributed by atoms with Crippen molar-refractivity contribution in [3.05, 3.63) is 23.8 Å². The quantitative estimate of drug-likeness (QED) is 0.473. The van der Waals surface area contributed by atoms with Crippen LogP contribution >= 0.6 is 0 Å². The zero-order chi connectivity index (χ0) is 17.5. The van der Waals surface area contributed by atoms with E-state index in [4.69, 9.17) is 14.2 Å². The maximum absolute atomic E-state index is 5.46. The van der Waals surface area contributed by atoms with Gasteiger partial charge in [0, 0.05) is 52.9 Å². The van der Waals surface area contributed by atoms with E-state index in [0.717, 1.165) is 63.3 Å². The average Bonchev–Trinajstić information content (AvgIpc) is 3.11. The van der Waals surface area contributed by atoms with Gasteiger partial charge in [-0.05, 0) is 24.6 Å². The molecule has 25 heavy (non-hydrogen) atoms. The lowest BCUT2D eigenvalue weighted by atomic mass is 10.1. The molecular formula is C18H28N4O3. The summed E-state index contributed by atoms with van der Waals surface area (Å²) < 4.78 is 16.2. The molecule has 1 aromatic rings. The molecule has 0 aromatic heterocycles. The number of piperazine rings is 1. The molecule has 0 atom stereocenters. The Morgan fingerprint density at radius 1 is 1.20 bits per heavy atom. The normalized spacial score (nSPS) is 17.8. The van der Waals surface area contributed by atoms with Crippen LogP contribution in [0.5, 0.6) is 11.5 Å². The summed E-state index contributed by atoms with van der Waals surface area (Å²) in [6.07, 6.45) is 0. The van der Waals surface area contributed by atoms with Crippen LogP contribution in [0.2, 0.25) is 0 Å². The van der Waals surface area contributed by atoms with Gasteiger partial charge in [-0.2, -0.15) is 0 Å². The zero-order valence-electron chi connectivity index (χ0n) is 15.2. The fourth-order valence-electron chi connectivity index (χ4n) is 3.13. The Hall–Kier alpha value is -1.99. The largest absolute Gasteiger partial charge is 0.454 e. The van der Waals surface area contributed by atoms with Crippen molar-refractivity contribution in [1.82, 2.24) is 15.1 Å². The SMILES string of the molecule is CCOCCNC(=NC)N1CCN(Cc2ccc3c(c2)OCO3)CC1. The van der Waals surface area contributed by atoms with Gasteiger partial charge in [0.25, 0.3) is 0 Å². The van der Waals surface area contributed by atoms with Crippen LogP contribution in [-0.4, -0.2) is 75.5 Å². The van der Waals surface area contributed by atoms with E-state index >= 15 is 0 Å². The predicted molar refractivity (Wildman–Crippen MR) is 97.3 cm³/mol. The van der Waals surface area contributed by atoms with Crippen LogP contribution < -0.4 is 14.8 Å². The van der Waals surface area contributed by atoms with E-state index in [1.54, 1.807) is 0 Å². The molecule has 0 bridgehead atoms. The highest BCUT2D eigenvalue weighted by Gasteiger charge is 2.20. The first-order chi connectivity index (χ1) is 12.3. The molecule has 0 aliphatic carbocycles. The first kappa shape index (κ1) is 17.8. The van der Waals surface area contributed by atoms with E-state index in [2.05, 4.69) is 32.2 Å². The maximum Gasteiger partial charge on any atom is 0.231 e. The van der Waals surface area contributed by atoms with E-state index < -0.39 is 0 Å². The van der Waals surface area contributed by atoms with Gasteiger partial charge in [0.1, 0.15) is 0 Å². The standard InChI is InChI=1S/C18H28N4O3/c1-3-23-11-6-20-18(19-2)22-9-7-21(8-10-22)13-15-4-5-16-17(12-15)25-14-24-16/h4-5,12H,3,6-11,13-14H2,1-2H3,(H,19,20). The van der Waals surface area contributed by atoms with E-state index in [0.29, 0.717) is 13.4 Å². The molecule has 7 heteroatoms. The monoisotopic (exact) mass is 348 g/mol. The Labute approximate surface area is 149 Å². The van der Waals surface area contributed by atoms with Crippen molar-refractivity contribution in [2.24, 2.45) is 4.99 Å². The summed E-state index contributed by atoms with van der Waals surface area (Å²) in [6.45, 7) is 9.48. The Kier molecular flexibility index (Phi) is 6.36. The van der Waals surface area contributed by atoms with Crippen molar-refractivity contribution >= 4 is 5.96 Å². The zero-order valence-corrected chi connectivity index (χ0v) is 15.2. The van der Waals surface area contributed by atoms with Crippen molar-refractivity contribution < 1.29 is 14.2 Å². The number of guanidine groups is 1. The van der Waals surface area contributed by atoms with Crippen molar-refractivity contribution in [1.29, 1.82) is 0 Å². The number of benzene rings is 1. The molecule has 2 aliphatic heterocycles. The molecule has 1 saturated heterocycles. The van der Waals surface area contributed by atoms with Gasteiger partial charge in [-0.3, -0.25) is 9.89 Å². The third-order valence-corrected chi connectivity index (χ3v) is 4.46. The Balaban J connectivity index is 1.45. The molecule has 1 fully saturated rings. The van der Waals surface area contributed by atoms with Crippen LogP contribution in [0.1, 0.15) is 12.5 Å². The van der Waals surface area contributed by atoms with Crippen LogP contribution in [0.4, 0.5) is 0 Å². The highest BCUT2D eigenvalue weighted by atomic mass is 16.7. The van der Waals surface area contributed by atoms with Crippen molar-refractivity contribution in [3.63, 3.8) is 0 Å². The number of nitrogens with one attached hydrogen (secondary N) is 1. The van der Waals surface area contributed by atoms with Gasteiger partial charge >= 0.3 is 0 Å². The van der Waals surface area contributed by atoms with Gasteiger partial charge < -0.3 is 24.4 Å². The Morgan fingerprint density at radius 3 is 2.76 bits per heavy atom. The third-order valence-electron chi connectivity index (χ3n) is 4.46. The number of aliphatic imine (C=N–C) groups is 1. The summed E-state index contributed by atoms with van der Waals surface area (Å²) in [7, 11) is 1.84. The molecule has 1 N–H and O–H groups in total. The fourth-order valence-corrected chi connectivity index (χ4v) is 3.13. The minimum absolute atomic E-state index is 0.326. The van der Waals surface area contributed by atoms with Gasteiger partial charge in [0.2, 0.25) is 6.79 Å². The number of fused-ring (bicyclic) bond motifs is 1. The number of nitrogens with zero attached hydrogens (tertiary/aromatic N) is 3. The van der Waals surface area contributed by atoms with Crippen LogP contribution in [0.15, 0.2) is 23.2 Å². The Morgan fingerprint density at radius 2 is 2.00 bits per heavy atom. The van der Waals surface area contributed by atoms with Gasteiger partial charge in [-0.1, -0.05) is 6.07 Å². The molecule has 0 saturated carbocycles. The summed E-state index contributed by atoms with van der Waals surface area (Å²) in [6, 6.07) is 6.20. The summed E-state index contributed by atoms with van der Waals surface area (Å²) in [4.78, 5) is 9.15. The molecule has 0 spiro atoms. The van der Waals surface area contributed by atoms with Crippen LogP contribution in [-0.2, 0) is 11.3 Å². The second-order valence-corrected chi connectivity index (χ2v) is 6.12. The van der Waals surface area contributed by atoms with Crippen molar-refractivity contribution in [2.45, 2.75) is 13.5 Å². The molecule has 0 amide bonds. The molecule has 138 valence electrons. The second kappa shape index (κ2) is 8.92. The minimum atomic E-state index is 0.326. The van der Waals surface area contributed by atoms with Crippen molar-refractivity contribution in [2.75, 3.05) is 59.8 Å². The van der Waals surface area contributed by atoms with E-state index in [1.165, 1.54) is 5.56 Å². The maximum atomic E-state index is 5.46. The van der Waals surface area contributed by atoms with Gasteiger partial charge in [-0.15, -0.1) is 0 Å². The van der Waals surface area contributed by atoms with Gasteiger partial charge in [0.05, 0.1) is 6.61 Å². The molecule has 2 heterocycles. The highest BCUT2D eigenvalue weighted by molar-refractivity contribution is 5.80. The van der Waals surface area contributed by atoms with Crippen LogP contribution in [0.3, 0.4) is 0 Å². The summed E-state index contributed by atoms with van der Waals surface area (Å²) in [5.74, 6) is 2.66. The lowest BCUT2D eigenvalue weighted by Gasteiger charge is -2.36. The number of hydrogen-bond acceptors (Lipinski definition) is 5. The number of rotatable bonds is 6. The van der Waals surface area contributed by atoms with E-state index in [1.807, 2.05) is 20.0 Å². The van der Waals surface area contributed by atoms with Crippen LogP contribution in [0.25, 0.3) is 0 Å². The Bertz CT molecular complexity index is 586. The molecule has 0 radical (unpaired) electrons. The van der Waals surface area contributed by atoms with E-state index in [9.17, 15) is 0 Å². The topological polar surface area (TPSA) is 58.6 Å².